The number of carboxylic acid groups (broad SMARTS) is 1. The maximum absolute atomic E-state index is 11.8. The molecular weight excluding hydrogens is 196 g/mol. The Morgan fingerprint density at radius 1 is 1.40 bits per heavy atom. The molecule has 0 saturated heterocycles. The van der Waals surface area contributed by atoms with Crippen LogP contribution in [-0.4, -0.2) is 53.1 Å². The maximum atomic E-state index is 11.8. The Kier molecular flexibility index (Phi) is 3.94. The minimum atomic E-state index is -0.871. The highest BCUT2D eigenvalue weighted by molar-refractivity contribution is 5.75. The van der Waals surface area contributed by atoms with Crippen molar-refractivity contribution in [2.24, 2.45) is 0 Å². The standard InChI is InChI=1S/C10H18N2O3/c1-3-12(8-4-5-8)10(15)11(2)7-6-9(13)14/h8H,3-7H2,1-2H3,(H,13,14). The zero-order valence-corrected chi connectivity index (χ0v) is 9.27. The van der Waals surface area contributed by atoms with Gasteiger partial charge in [0.1, 0.15) is 0 Å². The third-order valence-electron chi connectivity index (χ3n) is 2.56. The van der Waals surface area contributed by atoms with E-state index < -0.39 is 5.97 Å². The summed E-state index contributed by atoms with van der Waals surface area (Å²) >= 11 is 0. The molecule has 0 aliphatic heterocycles. The molecule has 0 bridgehead atoms. The third-order valence-corrected chi connectivity index (χ3v) is 2.56. The van der Waals surface area contributed by atoms with Crippen molar-refractivity contribution < 1.29 is 14.7 Å². The molecule has 1 fully saturated rings. The van der Waals surface area contributed by atoms with E-state index >= 15 is 0 Å². The van der Waals surface area contributed by atoms with E-state index in [2.05, 4.69) is 0 Å². The van der Waals surface area contributed by atoms with Crippen molar-refractivity contribution in [2.75, 3.05) is 20.1 Å². The molecule has 0 aromatic rings. The lowest BCUT2D eigenvalue weighted by Gasteiger charge is -2.26. The van der Waals surface area contributed by atoms with Crippen LogP contribution in [0.4, 0.5) is 4.79 Å². The van der Waals surface area contributed by atoms with Gasteiger partial charge in [0.05, 0.1) is 6.42 Å². The Labute approximate surface area is 89.7 Å². The van der Waals surface area contributed by atoms with Gasteiger partial charge in [-0.1, -0.05) is 0 Å². The number of carboxylic acids is 1. The summed E-state index contributed by atoms with van der Waals surface area (Å²) in [5.74, 6) is -0.871. The Hall–Kier alpha value is -1.26. The summed E-state index contributed by atoms with van der Waals surface area (Å²) in [7, 11) is 1.65. The summed E-state index contributed by atoms with van der Waals surface area (Å²) < 4.78 is 0. The molecule has 86 valence electrons. The molecule has 15 heavy (non-hydrogen) atoms. The van der Waals surface area contributed by atoms with Crippen LogP contribution in [0.1, 0.15) is 26.2 Å². The van der Waals surface area contributed by atoms with E-state index in [1.165, 1.54) is 4.90 Å². The first kappa shape index (κ1) is 11.8. The number of aliphatic carboxylic acids is 1. The van der Waals surface area contributed by atoms with Gasteiger partial charge < -0.3 is 14.9 Å². The Balaban J connectivity index is 2.39. The number of amides is 2. The van der Waals surface area contributed by atoms with Crippen molar-refractivity contribution in [1.82, 2.24) is 9.80 Å². The molecule has 0 unspecified atom stereocenters. The molecule has 5 heteroatoms. The molecule has 0 aromatic carbocycles. The summed E-state index contributed by atoms with van der Waals surface area (Å²) in [6, 6.07) is 0.330. The molecule has 1 aliphatic carbocycles. The largest absolute Gasteiger partial charge is 0.481 e. The highest BCUT2D eigenvalue weighted by Crippen LogP contribution is 2.27. The van der Waals surface area contributed by atoms with Crippen molar-refractivity contribution in [3.05, 3.63) is 0 Å². The normalized spacial score (nSPS) is 14.8. The number of carbonyl (C=O) groups is 2. The molecule has 0 aromatic heterocycles. The van der Waals surface area contributed by atoms with E-state index in [-0.39, 0.29) is 19.0 Å². The molecule has 0 radical (unpaired) electrons. The number of carbonyl (C=O) groups excluding carboxylic acids is 1. The summed E-state index contributed by atoms with van der Waals surface area (Å²) in [6.45, 7) is 2.92. The van der Waals surface area contributed by atoms with Crippen molar-refractivity contribution in [3.63, 3.8) is 0 Å². The van der Waals surface area contributed by atoms with Gasteiger partial charge in [-0.25, -0.2) is 4.79 Å². The Morgan fingerprint density at radius 2 is 2.00 bits per heavy atom. The summed E-state index contributed by atoms with van der Waals surface area (Å²) in [6.07, 6.45) is 2.16. The zero-order valence-electron chi connectivity index (χ0n) is 9.27. The van der Waals surface area contributed by atoms with Gasteiger partial charge in [0.15, 0.2) is 0 Å². The fraction of sp³-hybridized carbons (Fsp3) is 0.800. The predicted octanol–water partition coefficient (Wildman–Crippen LogP) is 0.997. The quantitative estimate of drug-likeness (QED) is 0.742. The van der Waals surface area contributed by atoms with Crippen molar-refractivity contribution in [3.8, 4) is 0 Å². The van der Waals surface area contributed by atoms with Crippen molar-refractivity contribution in [1.29, 1.82) is 0 Å². The van der Waals surface area contributed by atoms with Crippen LogP contribution in [0, 0.1) is 0 Å². The Morgan fingerprint density at radius 3 is 2.40 bits per heavy atom. The first-order chi connectivity index (χ1) is 7.06. The second-order valence-electron chi connectivity index (χ2n) is 3.87. The van der Waals surface area contributed by atoms with E-state index in [1.807, 2.05) is 11.8 Å². The SMILES string of the molecule is CCN(C(=O)N(C)CCC(=O)O)C1CC1. The smallest absolute Gasteiger partial charge is 0.319 e. The van der Waals surface area contributed by atoms with Crippen LogP contribution >= 0.6 is 0 Å². The summed E-state index contributed by atoms with van der Waals surface area (Å²) in [4.78, 5) is 25.5. The fourth-order valence-electron chi connectivity index (χ4n) is 1.51. The topological polar surface area (TPSA) is 60.9 Å². The Bertz CT molecular complexity index is 251. The van der Waals surface area contributed by atoms with Gasteiger partial charge in [-0.3, -0.25) is 4.79 Å². The van der Waals surface area contributed by atoms with E-state index in [0.717, 1.165) is 12.8 Å². The number of urea groups is 1. The second kappa shape index (κ2) is 5.00. The monoisotopic (exact) mass is 214 g/mol. The molecule has 2 amide bonds. The van der Waals surface area contributed by atoms with Crippen LogP contribution in [0.25, 0.3) is 0 Å². The van der Waals surface area contributed by atoms with Gasteiger partial charge in [-0.05, 0) is 19.8 Å². The van der Waals surface area contributed by atoms with Gasteiger partial charge in [0.25, 0.3) is 0 Å². The third kappa shape index (κ3) is 3.42. The minimum absolute atomic E-state index is 0.00443. The summed E-state index contributed by atoms with van der Waals surface area (Å²) in [5.41, 5.74) is 0. The van der Waals surface area contributed by atoms with Gasteiger partial charge in [-0.2, -0.15) is 0 Å². The van der Waals surface area contributed by atoms with E-state index in [1.54, 1.807) is 7.05 Å². The molecule has 5 nitrogen and oxygen atoms in total. The van der Waals surface area contributed by atoms with Gasteiger partial charge in [0.2, 0.25) is 0 Å². The van der Waals surface area contributed by atoms with E-state index in [0.29, 0.717) is 12.6 Å². The molecule has 1 saturated carbocycles. The number of hydrogen-bond acceptors (Lipinski definition) is 2. The van der Waals surface area contributed by atoms with Crippen LogP contribution in [0.15, 0.2) is 0 Å². The van der Waals surface area contributed by atoms with E-state index in [9.17, 15) is 9.59 Å². The van der Waals surface area contributed by atoms with Crippen LogP contribution in [0.2, 0.25) is 0 Å². The lowest BCUT2D eigenvalue weighted by Crippen LogP contribution is -2.43. The minimum Gasteiger partial charge on any atom is -0.481 e. The first-order valence-electron chi connectivity index (χ1n) is 5.29. The maximum Gasteiger partial charge on any atom is 0.319 e. The predicted molar refractivity (Wildman–Crippen MR) is 55.7 cm³/mol. The van der Waals surface area contributed by atoms with E-state index in [4.69, 9.17) is 5.11 Å². The highest BCUT2D eigenvalue weighted by atomic mass is 16.4. The number of hydrogen-bond donors (Lipinski definition) is 1. The molecule has 0 spiro atoms. The first-order valence-corrected chi connectivity index (χ1v) is 5.29. The number of nitrogens with zero attached hydrogens (tertiary/aromatic N) is 2. The fourth-order valence-corrected chi connectivity index (χ4v) is 1.51. The molecule has 1 aliphatic rings. The highest BCUT2D eigenvalue weighted by Gasteiger charge is 2.32. The van der Waals surface area contributed by atoms with Crippen molar-refractivity contribution in [2.45, 2.75) is 32.2 Å². The summed E-state index contributed by atoms with van der Waals surface area (Å²) in [5, 5.41) is 8.51. The molecule has 1 N–H and O–H groups in total. The van der Waals surface area contributed by atoms with Crippen LogP contribution in [0.5, 0.6) is 0 Å². The second-order valence-corrected chi connectivity index (χ2v) is 3.87. The van der Waals surface area contributed by atoms with Gasteiger partial charge >= 0.3 is 12.0 Å². The lowest BCUT2D eigenvalue weighted by atomic mass is 10.4. The average molecular weight is 214 g/mol. The molecule has 1 rings (SSSR count). The van der Waals surface area contributed by atoms with Crippen LogP contribution in [0.3, 0.4) is 0 Å². The molecular formula is C10H18N2O3. The van der Waals surface area contributed by atoms with Crippen molar-refractivity contribution >= 4 is 12.0 Å². The van der Waals surface area contributed by atoms with Gasteiger partial charge in [0, 0.05) is 26.2 Å². The van der Waals surface area contributed by atoms with Gasteiger partial charge in [-0.15, -0.1) is 0 Å². The molecule has 0 heterocycles. The zero-order chi connectivity index (χ0) is 11.4. The molecule has 0 atom stereocenters. The lowest BCUT2D eigenvalue weighted by molar-refractivity contribution is -0.137. The average Bonchev–Trinajstić information content (AvgIpc) is 2.99. The van der Waals surface area contributed by atoms with Crippen LogP contribution < -0.4 is 0 Å². The number of rotatable bonds is 5. The van der Waals surface area contributed by atoms with Crippen LogP contribution in [-0.2, 0) is 4.79 Å².